The molecule has 0 bridgehead atoms. The SMILES string of the molecule is CCC(CC)N(CC(C)C)c1ncccc1C#N. The number of hydrogen-bond donors (Lipinski definition) is 0. The highest BCUT2D eigenvalue weighted by molar-refractivity contribution is 5.54. The molecule has 1 aromatic rings. The second kappa shape index (κ2) is 7.00. The van der Waals surface area contributed by atoms with Crippen LogP contribution in [0.15, 0.2) is 18.3 Å². The van der Waals surface area contributed by atoms with E-state index in [1.54, 1.807) is 6.20 Å². The van der Waals surface area contributed by atoms with Gasteiger partial charge in [-0.05, 0) is 30.9 Å². The van der Waals surface area contributed by atoms with Crippen LogP contribution in [0.3, 0.4) is 0 Å². The smallest absolute Gasteiger partial charge is 0.146 e. The molecule has 0 amide bonds. The van der Waals surface area contributed by atoms with Gasteiger partial charge in [0.1, 0.15) is 11.9 Å². The van der Waals surface area contributed by atoms with E-state index >= 15 is 0 Å². The van der Waals surface area contributed by atoms with E-state index < -0.39 is 0 Å². The number of nitrogens with zero attached hydrogens (tertiary/aromatic N) is 3. The van der Waals surface area contributed by atoms with Gasteiger partial charge in [0.05, 0.1) is 5.56 Å². The van der Waals surface area contributed by atoms with Crippen LogP contribution in [0, 0.1) is 17.2 Å². The Morgan fingerprint density at radius 1 is 1.33 bits per heavy atom. The fraction of sp³-hybridized carbons (Fsp3) is 0.600. The number of anilines is 1. The topological polar surface area (TPSA) is 39.9 Å². The summed E-state index contributed by atoms with van der Waals surface area (Å²) in [6.07, 6.45) is 3.92. The fourth-order valence-corrected chi connectivity index (χ4v) is 2.24. The van der Waals surface area contributed by atoms with Gasteiger partial charge in [-0.1, -0.05) is 27.7 Å². The molecule has 1 rings (SSSR count). The Bertz CT molecular complexity index is 402. The van der Waals surface area contributed by atoms with Crippen LogP contribution in [-0.2, 0) is 0 Å². The van der Waals surface area contributed by atoms with Crippen LogP contribution < -0.4 is 4.90 Å². The van der Waals surface area contributed by atoms with Crippen LogP contribution in [-0.4, -0.2) is 17.6 Å². The molecule has 1 heterocycles. The largest absolute Gasteiger partial charge is 0.352 e. The average molecular weight is 245 g/mol. The lowest BCUT2D eigenvalue weighted by Crippen LogP contribution is -2.38. The van der Waals surface area contributed by atoms with Crippen molar-refractivity contribution in [2.24, 2.45) is 5.92 Å². The standard InChI is InChI=1S/C15H23N3/c1-5-14(6-2)18(11-12(3)4)15-13(10-16)8-7-9-17-15/h7-9,12,14H,5-6,11H2,1-4H3. The summed E-state index contributed by atoms with van der Waals surface area (Å²) in [6.45, 7) is 9.72. The van der Waals surface area contributed by atoms with Crippen LogP contribution >= 0.6 is 0 Å². The molecule has 1 aromatic heterocycles. The summed E-state index contributed by atoms with van der Waals surface area (Å²) in [7, 11) is 0. The molecule has 0 saturated heterocycles. The molecule has 0 aliphatic carbocycles. The van der Waals surface area contributed by atoms with E-state index in [0.717, 1.165) is 25.2 Å². The highest BCUT2D eigenvalue weighted by Gasteiger charge is 2.20. The fourth-order valence-electron chi connectivity index (χ4n) is 2.24. The second-order valence-corrected chi connectivity index (χ2v) is 5.00. The van der Waals surface area contributed by atoms with Crippen LogP contribution in [0.25, 0.3) is 0 Å². The van der Waals surface area contributed by atoms with Gasteiger partial charge >= 0.3 is 0 Å². The Morgan fingerprint density at radius 2 is 2.00 bits per heavy atom. The highest BCUT2D eigenvalue weighted by atomic mass is 15.2. The molecule has 3 heteroatoms. The van der Waals surface area contributed by atoms with Gasteiger partial charge in [0.2, 0.25) is 0 Å². The van der Waals surface area contributed by atoms with Crippen molar-refractivity contribution in [3.63, 3.8) is 0 Å². The number of hydrogen-bond acceptors (Lipinski definition) is 3. The predicted molar refractivity (Wildman–Crippen MR) is 75.5 cm³/mol. The summed E-state index contributed by atoms with van der Waals surface area (Å²) in [6, 6.07) is 6.37. The summed E-state index contributed by atoms with van der Waals surface area (Å²) in [4.78, 5) is 6.72. The van der Waals surface area contributed by atoms with Gasteiger partial charge in [-0.3, -0.25) is 0 Å². The monoisotopic (exact) mass is 245 g/mol. The molecular weight excluding hydrogens is 222 g/mol. The van der Waals surface area contributed by atoms with Crippen molar-refractivity contribution < 1.29 is 0 Å². The Morgan fingerprint density at radius 3 is 2.50 bits per heavy atom. The minimum Gasteiger partial charge on any atom is -0.352 e. The maximum atomic E-state index is 9.21. The van der Waals surface area contributed by atoms with Crippen molar-refractivity contribution in [1.82, 2.24) is 4.98 Å². The molecule has 0 saturated carbocycles. The first-order valence-corrected chi connectivity index (χ1v) is 6.75. The van der Waals surface area contributed by atoms with Gasteiger partial charge in [0.15, 0.2) is 0 Å². The quantitative estimate of drug-likeness (QED) is 0.768. The molecule has 3 nitrogen and oxygen atoms in total. The molecule has 0 radical (unpaired) electrons. The van der Waals surface area contributed by atoms with E-state index in [-0.39, 0.29) is 0 Å². The van der Waals surface area contributed by atoms with Crippen molar-refractivity contribution in [3.8, 4) is 6.07 Å². The Hall–Kier alpha value is -1.56. The Kier molecular flexibility index (Phi) is 5.64. The third-order valence-corrected chi connectivity index (χ3v) is 3.12. The van der Waals surface area contributed by atoms with E-state index in [4.69, 9.17) is 0 Å². The Labute approximate surface area is 110 Å². The van der Waals surface area contributed by atoms with Gasteiger partial charge in [0, 0.05) is 18.8 Å². The minimum atomic E-state index is 0.453. The zero-order valence-electron chi connectivity index (χ0n) is 11.8. The zero-order chi connectivity index (χ0) is 13.5. The summed E-state index contributed by atoms with van der Waals surface area (Å²) in [5.41, 5.74) is 0.671. The van der Waals surface area contributed by atoms with Crippen LogP contribution in [0.5, 0.6) is 0 Å². The number of pyridine rings is 1. The van der Waals surface area contributed by atoms with Crippen molar-refractivity contribution in [3.05, 3.63) is 23.9 Å². The normalized spacial score (nSPS) is 10.7. The van der Waals surface area contributed by atoms with Crippen molar-refractivity contribution in [2.45, 2.75) is 46.6 Å². The second-order valence-electron chi connectivity index (χ2n) is 5.00. The summed E-state index contributed by atoms with van der Waals surface area (Å²) < 4.78 is 0. The molecule has 0 aliphatic rings. The number of aromatic nitrogens is 1. The molecule has 0 aliphatic heterocycles. The lowest BCUT2D eigenvalue weighted by molar-refractivity contribution is 0.503. The third-order valence-electron chi connectivity index (χ3n) is 3.12. The van der Waals surface area contributed by atoms with Crippen LogP contribution in [0.4, 0.5) is 5.82 Å². The molecule has 0 aromatic carbocycles. The molecule has 0 fully saturated rings. The molecule has 0 spiro atoms. The first-order chi connectivity index (χ1) is 8.63. The molecule has 0 atom stereocenters. The van der Waals surface area contributed by atoms with E-state index in [9.17, 15) is 5.26 Å². The van der Waals surface area contributed by atoms with E-state index in [1.807, 2.05) is 12.1 Å². The summed E-state index contributed by atoms with van der Waals surface area (Å²) >= 11 is 0. The lowest BCUT2D eigenvalue weighted by Gasteiger charge is -2.33. The predicted octanol–water partition coefficient (Wildman–Crippen LogP) is 3.60. The highest BCUT2D eigenvalue weighted by Crippen LogP contribution is 2.23. The zero-order valence-corrected chi connectivity index (χ0v) is 11.8. The molecular formula is C15H23N3. The van der Waals surface area contributed by atoms with Gasteiger partial charge in [-0.2, -0.15) is 5.26 Å². The van der Waals surface area contributed by atoms with Gasteiger partial charge < -0.3 is 4.90 Å². The van der Waals surface area contributed by atoms with Crippen molar-refractivity contribution in [1.29, 1.82) is 5.26 Å². The maximum Gasteiger partial charge on any atom is 0.146 e. The number of rotatable bonds is 6. The van der Waals surface area contributed by atoms with Crippen LogP contribution in [0.2, 0.25) is 0 Å². The summed E-state index contributed by atoms with van der Waals surface area (Å²) in [5.74, 6) is 1.39. The summed E-state index contributed by atoms with van der Waals surface area (Å²) in [5, 5.41) is 9.21. The van der Waals surface area contributed by atoms with Gasteiger partial charge in [-0.15, -0.1) is 0 Å². The van der Waals surface area contributed by atoms with Crippen molar-refractivity contribution in [2.75, 3.05) is 11.4 Å². The first kappa shape index (κ1) is 14.5. The third kappa shape index (κ3) is 3.46. The molecule has 18 heavy (non-hydrogen) atoms. The first-order valence-electron chi connectivity index (χ1n) is 6.75. The van der Waals surface area contributed by atoms with E-state index in [1.165, 1.54) is 0 Å². The number of nitriles is 1. The van der Waals surface area contributed by atoms with Crippen molar-refractivity contribution >= 4 is 5.82 Å². The minimum absolute atomic E-state index is 0.453. The lowest BCUT2D eigenvalue weighted by atomic mass is 10.1. The molecule has 0 N–H and O–H groups in total. The van der Waals surface area contributed by atoms with E-state index in [2.05, 4.69) is 43.6 Å². The van der Waals surface area contributed by atoms with Gasteiger partial charge in [-0.25, -0.2) is 4.98 Å². The van der Waals surface area contributed by atoms with Crippen LogP contribution in [0.1, 0.15) is 46.1 Å². The molecule has 98 valence electrons. The molecule has 0 unspecified atom stereocenters. The van der Waals surface area contributed by atoms with E-state index in [0.29, 0.717) is 17.5 Å². The maximum absolute atomic E-state index is 9.21. The Balaban J connectivity index is 3.12. The van der Waals surface area contributed by atoms with Gasteiger partial charge in [0.25, 0.3) is 0 Å². The average Bonchev–Trinajstić information content (AvgIpc) is 2.38.